The summed E-state index contributed by atoms with van der Waals surface area (Å²) in [6.07, 6.45) is 0. The average Bonchev–Trinajstić information content (AvgIpc) is 2.70. The summed E-state index contributed by atoms with van der Waals surface area (Å²) in [7, 11) is 0. The van der Waals surface area contributed by atoms with Gasteiger partial charge in [-0.05, 0) is 16.5 Å². The minimum absolute atomic E-state index is 0.177. The lowest BCUT2D eigenvalue weighted by molar-refractivity contribution is -0.385. The Morgan fingerprint density at radius 1 is 1.47 bits per heavy atom. The molecule has 0 fully saturated rings. The number of nitro groups is 1. The van der Waals surface area contributed by atoms with E-state index in [1.54, 1.807) is 0 Å². The van der Waals surface area contributed by atoms with Crippen molar-refractivity contribution in [3.05, 3.63) is 28.3 Å². The Morgan fingerprint density at radius 2 is 2.27 bits per heavy atom. The number of tetrazole rings is 1. The summed E-state index contributed by atoms with van der Waals surface area (Å²) >= 11 is 0. The number of hydrogen-bond acceptors (Lipinski definition) is 6. The Balaban J connectivity index is 2.59. The van der Waals surface area contributed by atoms with Crippen molar-refractivity contribution in [2.45, 2.75) is 0 Å². The van der Waals surface area contributed by atoms with Gasteiger partial charge >= 0.3 is 5.69 Å². The van der Waals surface area contributed by atoms with Gasteiger partial charge in [0.2, 0.25) is 5.75 Å². The quantitative estimate of drug-likeness (QED) is 0.546. The number of nitrogens with zero attached hydrogens (tertiary/aromatic N) is 4. The van der Waals surface area contributed by atoms with Gasteiger partial charge in [0.1, 0.15) is 0 Å². The van der Waals surface area contributed by atoms with Crippen LogP contribution in [-0.4, -0.2) is 30.7 Å². The van der Waals surface area contributed by atoms with Gasteiger partial charge in [0.05, 0.1) is 10.5 Å². The summed E-state index contributed by atoms with van der Waals surface area (Å²) in [5.41, 5.74) is -0.196. The highest BCUT2D eigenvalue weighted by Crippen LogP contribution is 2.34. The highest BCUT2D eigenvalue weighted by molar-refractivity contribution is 5.69. The zero-order valence-electron chi connectivity index (χ0n) is 7.28. The predicted molar refractivity (Wildman–Crippen MR) is 47.9 cm³/mol. The number of nitrogens with one attached hydrogen (secondary N) is 1. The molecule has 1 aromatic carbocycles. The Hall–Kier alpha value is -2.51. The number of aromatic nitrogens is 4. The SMILES string of the molecule is O=[N+]([O-])c1cccc(-c2nnn[nH]2)c1O. The molecular weight excluding hydrogens is 202 g/mol. The van der Waals surface area contributed by atoms with E-state index in [-0.39, 0.29) is 17.1 Å². The van der Waals surface area contributed by atoms with Crippen LogP contribution in [0.1, 0.15) is 0 Å². The second-order valence-electron chi connectivity index (χ2n) is 2.68. The van der Waals surface area contributed by atoms with Crippen molar-refractivity contribution in [2.24, 2.45) is 0 Å². The molecule has 0 bridgehead atoms. The number of nitro benzene ring substituents is 1. The number of aromatic hydroxyl groups is 1. The van der Waals surface area contributed by atoms with E-state index >= 15 is 0 Å². The normalized spacial score (nSPS) is 10.1. The number of phenols is 1. The van der Waals surface area contributed by atoms with E-state index in [9.17, 15) is 15.2 Å². The molecule has 1 heterocycles. The van der Waals surface area contributed by atoms with E-state index in [2.05, 4.69) is 20.6 Å². The van der Waals surface area contributed by atoms with Gasteiger partial charge < -0.3 is 5.11 Å². The Kier molecular flexibility index (Phi) is 2.01. The molecule has 0 radical (unpaired) electrons. The topological polar surface area (TPSA) is 118 Å². The van der Waals surface area contributed by atoms with Gasteiger partial charge in [-0.2, -0.15) is 0 Å². The van der Waals surface area contributed by atoms with E-state index in [1.165, 1.54) is 18.2 Å². The van der Waals surface area contributed by atoms with E-state index < -0.39 is 10.7 Å². The van der Waals surface area contributed by atoms with Crippen molar-refractivity contribution in [3.8, 4) is 17.1 Å². The molecule has 76 valence electrons. The van der Waals surface area contributed by atoms with Gasteiger partial charge in [0.15, 0.2) is 5.82 Å². The van der Waals surface area contributed by atoms with Crippen LogP contribution in [0.4, 0.5) is 5.69 Å². The van der Waals surface area contributed by atoms with Crippen LogP contribution in [0.25, 0.3) is 11.4 Å². The predicted octanol–water partition coefficient (Wildman–Crippen LogP) is 0.480. The second-order valence-corrected chi connectivity index (χ2v) is 2.68. The lowest BCUT2D eigenvalue weighted by atomic mass is 10.1. The third-order valence-corrected chi connectivity index (χ3v) is 1.81. The molecule has 8 heteroatoms. The standard InChI is InChI=1S/C7H5N5O3/c13-6-4(7-8-10-11-9-7)2-1-3-5(6)12(14)15/h1-3,13H,(H,8,9,10,11). The van der Waals surface area contributed by atoms with Crippen molar-refractivity contribution in [1.29, 1.82) is 0 Å². The number of phenolic OH excluding ortho intramolecular Hbond substituents is 1. The van der Waals surface area contributed by atoms with E-state index in [1.807, 2.05) is 0 Å². The van der Waals surface area contributed by atoms with Crippen molar-refractivity contribution in [3.63, 3.8) is 0 Å². The van der Waals surface area contributed by atoms with E-state index in [0.717, 1.165) is 0 Å². The number of benzene rings is 1. The van der Waals surface area contributed by atoms with Crippen LogP contribution >= 0.6 is 0 Å². The highest BCUT2D eigenvalue weighted by Gasteiger charge is 2.18. The Morgan fingerprint density at radius 3 is 2.87 bits per heavy atom. The molecule has 2 N–H and O–H groups in total. The van der Waals surface area contributed by atoms with Crippen molar-refractivity contribution in [1.82, 2.24) is 20.6 Å². The van der Waals surface area contributed by atoms with Crippen LogP contribution in [0, 0.1) is 10.1 Å². The maximum absolute atomic E-state index is 10.5. The zero-order chi connectivity index (χ0) is 10.8. The average molecular weight is 207 g/mol. The summed E-state index contributed by atoms with van der Waals surface area (Å²) in [5, 5.41) is 32.7. The molecule has 2 rings (SSSR count). The second kappa shape index (κ2) is 3.33. The fourth-order valence-corrected chi connectivity index (χ4v) is 1.14. The number of hydrogen-bond donors (Lipinski definition) is 2. The van der Waals surface area contributed by atoms with Gasteiger partial charge in [0.25, 0.3) is 0 Å². The first kappa shape index (κ1) is 9.06. The summed E-state index contributed by atoms with van der Waals surface area (Å²) < 4.78 is 0. The molecule has 0 unspecified atom stereocenters. The Bertz CT molecular complexity index is 495. The molecule has 0 spiro atoms. The lowest BCUT2D eigenvalue weighted by Gasteiger charge is -1.99. The monoisotopic (exact) mass is 207 g/mol. The molecule has 1 aromatic heterocycles. The van der Waals surface area contributed by atoms with E-state index in [0.29, 0.717) is 0 Å². The molecule has 0 aliphatic rings. The summed E-state index contributed by atoms with van der Waals surface area (Å²) in [4.78, 5) is 9.85. The zero-order valence-corrected chi connectivity index (χ0v) is 7.28. The van der Waals surface area contributed by atoms with Crippen LogP contribution in [0.15, 0.2) is 18.2 Å². The molecule has 8 nitrogen and oxygen atoms in total. The molecule has 2 aromatic rings. The summed E-state index contributed by atoms with van der Waals surface area (Å²) in [6, 6.07) is 4.11. The lowest BCUT2D eigenvalue weighted by Crippen LogP contribution is -1.90. The largest absolute Gasteiger partial charge is 0.502 e. The fraction of sp³-hybridized carbons (Fsp3) is 0. The van der Waals surface area contributed by atoms with Crippen molar-refractivity contribution in [2.75, 3.05) is 0 Å². The van der Waals surface area contributed by atoms with Crippen molar-refractivity contribution < 1.29 is 10.0 Å². The summed E-state index contributed by atoms with van der Waals surface area (Å²) in [6.45, 7) is 0. The van der Waals surface area contributed by atoms with Crippen LogP contribution in [-0.2, 0) is 0 Å². The summed E-state index contributed by atoms with van der Waals surface area (Å²) in [5.74, 6) is -0.280. The first-order valence-corrected chi connectivity index (χ1v) is 3.90. The number of para-hydroxylation sites is 1. The van der Waals surface area contributed by atoms with Crippen LogP contribution in [0.3, 0.4) is 0 Å². The molecule has 15 heavy (non-hydrogen) atoms. The molecular formula is C7H5N5O3. The molecule has 0 saturated carbocycles. The molecule has 0 aliphatic carbocycles. The van der Waals surface area contributed by atoms with Crippen LogP contribution < -0.4 is 0 Å². The van der Waals surface area contributed by atoms with Crippen molar-refractivity contribution >= 4 is 5.69 Å². The maximum Gasteiger partial charge on any atom is 0.311 e. The smallest absolute Gasteiger partial charge is 0.311 e. The van der Waals surface area contributed by atoms with Crippen LogP contribution in [0.5, 0.6) is 5.75 Å². The molecule has 0 saturated heterocycles. The Labute approximate surface area is 82.7 Å². The van der Waals surface area contributed by atoms with E-state index in [4.69, 9.17) is 0 Å². The van der Waals surface area contributed by atoms with Gasteiger partial charge in [-0.25, -0.2) is 5.10 Å². The number of H-pyrrole nitrogens is 1. The van der Waals surface area contributed by atoms with Crippen LogP contribution in [0.2, 0.25) is 0 Å². The highest BCUT2D eigenvalue weighted by atomic mass is 16.6. The number of aromatic amines is 1. The minimum Gasteiger partial charge on any atom is -0.502 e. The third-order valence-electron chi connectivity index (χ3n) is 1.81. The van der Waals surface area contributed by atoms with Gasteiger partial charge in [-0.3, -0.25) is 10.1 Å². The van der Waals surface area contributed by atoms with Gasteiger partial charge in [-0.1, -0.05) is 6.07 Å². The third kappa shape index (κ3) is 1.47. The van der Waals surface area contributed by atoms with Gasteiger partial charge in [0, 0.05) is 6.07 Å². The van der Waals surface area contributed by atoms with Gasteiger partial charge in [-0.15, -0.1) is 5.10 Å². The molecule has 0 aliphatic heterocycles. The first-order chi connectivity index (χ1) is 7.20. The first-order valence-electron chi connectivity index (χ1n) is 3.90. The minimum atomic E-state index is -0.678. The fourth-order valence-electron chi connectivity index (χ4n) is 1.14. The number of rotatable bonds is 2. The maximum atomic E-state index is 10.5. The molecule has 0 amide bonds. The molecule has 0 atom stereocenters.